The quantitative estimate of drug-likeness (QED) is 0.264. The van der Waals surface area contributed by atoms with Gasteiger partial charge < -0.3 is 0 Å². The number of ketones is 1. The van der Waals surface area contributed by atoms with Crippen LogP contribution in [0.15, 0.2) is 84.9 Å². The second kappa shape index (κ2) is 11.6. The number of nitrogens with zero attached hydrogens (tertiary/aromatic N) is 1. The van der Waals surface area contributed by atoms with Crippen LogP contribution in [0.3, 0.4) is 0 Å². The Balaban J connectivity index is 1.67. The fourth-order valence-electron chi connectivity index (χ4n) is 3.72. The van der Waals surface area contributed by atoms with E-state index in [1.54, 1.807) is 24.3 Å². The predicted octanol–water partition coefficient (Wildman–Crippen LogP) is 5.68. The normalized spacial score (nSPS) is 11.3. The number of hydrogen-bond acceptors (Lipinski definition) is 3. The van der Waals surface area contributed by atoms with E-state index < -0.39 is 10.0 Å². The lowest BCUT2D eigenvalue weighted by Gasteiger charge is -2.24. The fraction of sp³-hybridized carbons (Fsp3) is 0.296. The van der Waals surface area contributed by atoms with Gasteiger partial charge in [-0.2, -0.15) is 0 Å². The first-order valence-electron chi connectivity index (χ1n) is 11.2. The largest absolute Gasteiger partial charge is 0.294 e. The van der Waals surface area contributed by atoms with E-state index >= 15 is 0 Å². The van der Waals surface area contributed by atoms with Gasteiger partial charge in [-0.15, -0.1) is 0 Å². The molecule has 0 unspecified atom stereocenters. The summed E-state index contributed by atoms with van der Waals surface area (Å²) in [6.45, 7) is 2.31. The Bertz CT molecular complexity index is 1080. The number of unbranched alkanes of at least 4 members (excludes halogenated alkanes) is 1. The van der Waals surface area contributed by atoms with E-state index in [1.807, 2.05) is 55.5 Å². The van der Waals surface area contributed by atoms with Crippen molar-refractivity contribution in [2.45, 2.75) is 39.0 Å². The average Bonchev–Trinajstić information content (AvgIpc) is 2.80. The van der Waals surface area contributed by atoms with Crippen molar-refractivity contribution >= 4 is 21.5 Å². The van der Waals surface area contributed by atoms with Crippen molar-refractivity contribution in [3.63, 3.8) is 0 Å². The van der Waals surface area contributed by atoms with Gasteiger partial charge in [-0.3, -0.25) is 9.10 Å². The molecule has 0 aliphatic rings. The van der Waals surface area contributed by atoms with E-state index in [0.29, 0.717) is 30.6 Å². The summed E-state index contributed by atoms with van der Waals surface area (Å²) in [7, 11) is -3.40. The molecule has 3 rings (SSSR count). The molecule has 0 spiro atoms. The van der Waals surface area contributed by atoms with Crippen molar-refractivity contribution in [3.8, 4) is 0 Å². The van der Waals surface area contributed by atoms with Crippen LogP contribution in [0.25, 0.3) is 0 Å². The average molecular weight is 450 g/mol. The first-order valence-corrected chi connectivity index (χ1v) is 12.8. The van der Waals surface area contributed by atoms with E-state index in [2.05, 4.69) is 12.1 Å². The van der Waals surface area contributed by atoms with Gasteiger partial charge in [0.05, 0.1) is 11.4 Å². The minimum absolute atomic E-state index is 0.0218. The Morgan fingerprint density at radius 1 is 0.781 bits per heavy atom. The highest BCUT2D eigenvalue weighted by Crippen LogP contribution is 2.22. The number of hydrogen-bond donors (Lipinski definition) is 0. The molecule has 3 aromatic carbocycles. The van der Waals surface area contributed by atoms with Gasteiger partial charge in [-0.1, -0.05) is 67.6 Å². The van der Waals surface area contributed by atoms with Crippen LogP contribution < -0.4 is 4.31 Å². The maximum atomic E-state index is 12.9. The third-order valence-electron chi connectivity index (χ3n) is 5.40. The Morgan fingerprint density at radius 3 is 1.97 bits per heavy atom. The highest BCUT2D eigenvalue weighted by atomic mass is 32.2. The minimum atomic E-state index is -3.40. The summed E-state index contributed by atoms with van der Waals surface area (Å²) < 4.78 is 27.3. The number of aryl methyl sites for hydroxylation is 1. The molecule has 5 heteroatoms. The van der Waals surface area contributed by atoms with Gasteiger partial charge in [0.15, 0.2) is 5.78 Å². The van der Waals surface area contributed by atoms with Crippen molar-refractivity contribution in [1.82, 2.24) is 0 Å². The van der Waals surface area contributed by atoms with Gasteiger partial charge in [0.25, 0.3) is 0 Å². The Hall–Kier alpha value is -2.92. The SMILES string of the molecule is CCCS(=O)(=O)N(CCCCc1ccccc1)c1ccc(C(=O)Cc2ccccc2)cc1. The monoisotopic (exact) mass is 449 g/mol. The Kier molecular flexibility index (Phi) is 8.63. The zero-order valence-corrected chi connectivity index (χ0v) is 19.4. The second-order valence-corrected chi connectivity index (χ2v) is 9.98. The molecule has 168 valence electrons. The molecular formula is C27H31NO3S. The Labute approximate surface area is 192 Å². The smallest absolute Gasteiger partial charge is 0.235 e. The molecule has 0 amide bonds. The number of Topliss-reactive ketones (excluding diaryl/α,β-unsaturated/α-hetero) is 1. The molecule has 3 aromatic rings. The highest BCUT2D eigenvalue weighted by molar-refractivity contribution is 7.92. The lowest BCUT2D eigenvalue weighted by Crippen LogP contribution is -2.34. The number of benzene rings is 3. The van der Waals surface area contributed by atoms with Crippen molar-refractivity contribution in [1.29, 1.82) is 0 Å². The van der Waals surface area contributed by atoms with Crippen molar-refractivity contribution in [2.24, 2.45) is 0 Å². The van der Waals surface area contributed by atoms with Crippen LogP contribution in [0.1, 0.15) is 47.7 Å². The molecule has 0 aliphatic carbocycles. The number of carbonyl (C=O) groups is 1. The third kappa shape index (κ3) is 6.79. The summed E-state index contributed by atoms with van der Waals surface area (Å²) in [6.07, 6.45) is 3.51. The van der Waals surface area contributed by atoms with E-state index in [0.717, 1.165) is 24.8 Å². The minimum Gasteiger partial charge on any atom is -0.294 e. The number of carbonyl (C=O) groups excluding carboxylic acids is 1. The van der Waals surface area contributed by atoms with Crippen LogP contribution in [-0.2, 0) is 22.9 Å². The Morgan fingerprint density at radius 2 is 1.38 bits per heavy atom. The fourth-order valence-corrected chi connectivity index (χ4v) is 5.31. The summed E-state index contributed by atoms with van der Waals surface area (Å²) in [4.78, 5) is 12.6. The van der Waals surface area contributed by atoms with Gasteiger partial charge >= 0.3 is 0 Å². The summed E-state index contributed by atoms with van der Waals surface area (Å²) in [5.74, 6) is 0.133. The standard InChI is InChI=1S/C27H31NO3S/c1-2-21-32(30,31)28(20-10-9-13-23-11-5-3-6-12-23)26-18-16-25(17-19-26)27(29)22-24-14-7-4-8-15-24/h3-8,11-12,14-19H,2,9-10,13,20-22H2,1H3. The molecule has 0 bridgehead atoms. The molecule has 4 nitrogen and oxygen atoms in total. The van der Waals surface area contributed by atoms with Crippen LogP contribution in [0.5, 0.6) is 0 Å². The van der Waals surface area contributed by atoms with Gasteiger partial charge in [0.2, 0.25) is 10.0 Å². The van der Waals surface area contributed by atoms with Gasteiger partial charge in [-0.25, -0.2) is 8.42 Å². The molecule has 0 aliphatic heterocycles. The molecule has 0 saturated carbocycles. The van der Waals surface area contributed by atoms with E-state index in [1.165, 1.54) is 9.87 Å². The molecule has 0 atom stereocenters. The molecule has 0 N–H and O–H groups in total. The number of sulfonamides is 1. The molecule has 32 heavy (non-hydrogen) atoms. The summed E-state index contributed by atoms with van der Waals surface area (Å²) in [5, 5.41) is 0. The maximum absolute atomic E-state index is 12.9. The van der Waals surface area contributed by atoms with E-state index in [9.17, 15) is 13.2 Å². The van der Waals surface area contributed by atoms with E-state index in [-0.39, 0.29) is 11.5 Å². The molecular weight excluding hydrogens is 418 g/mol. The van der Waals surface area contributed by atoms with E-state index in [4.69, 9.17) is 0 Å². The van der Waals surface area contributed by atoms with Gasteiger partial charge in [-0.05, 0) is 61.1 Å². The van der Waals surface area contributed by atoms with Gasteiger partial charge in [0, 0.05) is 18.5 Å². The first-order chi connectivity index (χ1) is 15.5. The van der Waals surface area contributed by atoms with Crippen LogP contribution in [0.2, 0.25) is 0 Å². The number of anilines is 1. The lowest BCUT2D eigenvalue weighted by atomic mass is 10.0. The maximum Gasteiger partial charge on any atom is 0.235 e. The number of rotatable bonds is 12. The summed E-state index contributed by atoms with van der Waals surface area (Å²) in [5.41, 5.74) is 3.44. The van der Waals surface area contributed by atoms with Crippen LogP contribution in [-0.4, -0.2) is 26.5 Å². The predicted molar refractivity (Wildman–Crippen MR) is 132 cm³/mol. The zero-order chi connectivity index (χ0) is 22.8. The van der Waals surface area contributed by atoms with Gasteiger partial charge in [0.1, 0.15) is 0 Å². The van der Waals surface area contributed by atoms with Crippen molar-refractivity contribution < 1.29 is 13.2 Å². The molecule has 0 fully saturated rings. The molecule has 0 saturated heterocycles. The summed E-state index contributed by atoms with van der Waals surface area (Å²) in [6, 6.07) is 26.8. The van der Waals surface area contributed by atoms with Crippen LogP contribution in [0.4, 0.5) is 5.69 Å². The molecule has 0 aromatic heterocycles. The van der Waals surface area contributed by atoms with Crippen molar-refractivity contribution in [3.05, 3.63) is 102 Å². The summed E-state index contributed by atoms with van der Waals surface area (Å²) >= 11 is 0. The van der Waals surface area contributed by atoms with Crippen LogP contribution >= 0.6 is 0 Å². The second-order valence-electron chi connectivity index (χ2n) is 7.96. The highest BCUT2D eigenvalue weighted by Gasteiger charge is 2.21. The molecule has 0 radical (unpaired) electrons. The van der Waals surface area contributed by atoms with Crippen LogP contribution in [0, 0.1) is 0 Å². The lowest BCUT2D eigenvalue weighted by molar-refractivity contribution is 0.0993. The first kappa shape index (κ1) is 23.7. The molecule has 0 heterocycles. The van der Waals surface area contributed by atoms with Crippen molar-refractivity contribution in [2.75, 3.05) is 16.6 Å². The zero-order valence-electron chi connectivity index (χ0n) is 18.6. The third-order valence-corrected chi connectivity index (χ3v) is 7.39. The topological polar surface area (TPSA) is 54.5 Å².